The monoisotopic (exact) mass is 300 g/mol. The van der Waals surface area contributed by atoms with Crippen LogP contribution < -0.4 is 4.74 Å². The van der Waals surface area contributed by atoms with E-state index in [-0.39, 0.29) is 11.3 Å². The maximum Gasteiger partial charge on any atom is 0.573 e. The van der Waals surface area contributed by atoms with Gasteiger partial charge in [0.15, 0.2) is 0 Å². The number of benzene rings is 1. The highest BCUT2D eigenvalue weighted by Crippen LogP contribution is 2.23. The van der Waals surface area contributed by atoms with Crippen LogP contribution in [0.15, 0.2) is 30.5 Å². The van der Waals surface area contributed by atoms with Crippen LogP contribution in [-0.4, -0.2) is 29.2 Å². The van der Waals surface area contributed by atoms with Crippen LogP contribution in [0, 0.1) is 6.92 Å². The van der Waals surface area contributed by atoms with Gasteiger partial charge in [-0.2, -0.15) is 5.10 Å². The second-order valence-corrected chi connectivity index (χ2v) is 4.11. The number of carbonyl (C=O) groups is 1. The number of alkyl halides is 3. The average Bonchev–Trinajstić information content (AvgIpc) is 2.79. The van der Waals surface area contributed by atoms with Crippen molar-refractivity contribution >= 4 is 5.97 Å². The van der Waals surface area contributed by atoms with Gasteiger partial charge in [0.05, 0.1) is 18.5 Å². The fourth-order valence-corrected chi connectivity index (χ4v) is 1.70. The Morgan fingerprint density at radius 3 is 2.38 bits per heavy atom. The molecule has 0 aliphatic heterocycles. The minimum absolute atomic E-state index is 0.285. The lowest BCUT2D eigenvalue weighted by Crippen LogP contribution is -2.17. The standard InChI is InChI=1S/C13H11F3N2O3/c1-8-11(12(19)20-2)7-18(17-8)9-3-5-10(6-4-9)21-13(14,15)16/h3-7H,1-2H3. The third-order valence-electron chi connectivity index (χ3n) is 2.64. The average molecular weight is 300 g/mol. The van der Waals surface area contributed by atoms with Crippen molar-refractivity contribution in [1.82, 2.24) is 9.78 Å². The minimum atomic E-state index is -4.73. The Morgan fingerprint density at radius 2 is 1.86 bits per heavy atom. The van der Waals surface area contributed by atoms with Gasteiger partial charge >= 0.3 is 12.3 Å². The Bertz CT molecular complexity index is 648. The number of rotatable bonds is 3. The summed E-state index contributed by atoms with van der Waals surface area (Å²) in [7, 11) is 1.25. The molecule has 2 aromatic rings. The summed E-state index contributed by atoms with van der Waals surface area (Å²) in [6, 6.07) is 5.12. The molecule has 0 saturated carbocycles. The molecule has 8 heteroatoms. The van der Waals surface area contributed by atoms with Gasteiger partial charge in [0.1, 0.15) is 11.3 Å². The van der Waals surface area contributed by atoms with E-state index >= 15 is 0 Å². The van der Waals surface area contributed by atoms with Gasteiger partial charge in [0.25, 0.3) is 0 Å². The molecule has 0 amide bonds. The van der Waals surface area contributed by atoms with E-state index in [9.17, 15) is 18.0 Å². The van der Waals surface area contributed by atoms with E-state index in [1.807, 2.05) is 0 Å². The molecule has 0 unspecified atom stereocenters. The summed E-state index contributed by atoms with van der Waals surface area (Å²) in [5.41, 5.74) is 1.23. The Labute approximate surface area is 117 Å². The van der Waals surface area contributed by atoms with E-state index in [1.165, 1.54) is 30.1 Å². The normalized spacial score (nSPS) is 11.3. The fourth-order valence-electron chi connectivity index (χ4n) is 1.70. The van der Waals surface area contributed by atoms with Crippen molar-refractivity contribution in [3.05, 3.63) is 41.7 Å². The molecule has 1 aromatic carbocycles. The molecular weight excluding hydrogens is 289 g/mol. The minimum Gasteiger partial charge on any atom is -0.465 e. The van der Waals surface area contributed by atoms with Crippen LogP contribution >= 0.6 is 0 Å². The van der Waals surface area contributed by atoms with Crippen molar-refractivity contribution in [1.29, 1.82) is 0 Å². The number of esters is 1. The van der Waals surface area contributed by atoms with Crippen molar-refractivity contribution < 1.29 is 27.4 Å². The maximum absolute atomic E-state index is 12.1. The lowest BCUT2D eigenvalue weighted by molar-refractivity contribution is -0.274. The third kappa shape index (κ3) is 3.53. The Morgan fingerprint density at radius 1 is 1.24 bits per heavy atom. The number of carbonyl (C=O) groups excluding carboxylic acids is 1. The van der Waals surface area contributed by atoms with Gasteiger partial charge < -0.3 is 9.47 Å². The molecule has 1 heterocycles. The first-order valence-electron chi connectivity index (χ1n) is 5.81. The lowest BCUT2D eigenvalue weighted by Gasteiger charge is -2.09. The van der Waals surface area contributed by atoms with Crippen molar-refractivity contribution in [2.75, 3.05) is 7.11 Å². The summed E-state index contributed by atoms with van der Waals surface area (Å²) in [6.07, 6.45) is -3.29. The summed E-state index contributed by atoms with van der Waals surface area (Å²) in [6.45, 7) is 1.63. The number of hydrogen-bond acceptors (Lipinski definition) is 4. The van der Waals surface area contributed by atoms with E-state index in [4.69, 9.17) is 0 Å². The zero-order chi connectivity index (χ0) is 15.6. The SMILES string of the molecule is COC(=O)c1cn(-c2ccc(OC(F)(F)F)cc2)nc1C. The van der Waals surface area contributed by atoms with Gasteiger partial charge in [-0.15, -0.1) is 13.2 Å². The van der Waals surface area contributed by atoms with Crippen LogP contribution in [0.25, 0.3) is 5.69 Å². The number of hydrogen-bond donors (Lipinski definition) is 0. The molecule has 1 aromatic heterocycles. The summed E-state index contributed by atoms with van der Waals surface area (Å²) in [5, 5.41) is 4.11. The topological polar surface area (TPSA) is 53.4 Å². The zero-order valence-electron chi connectivity index (χ0n) is 11.1. The number of methoxy groups -OCH3 is 1. The lowest BCUT2D eigenvalue weighted by atomic mass is 10.2. The Hall–Kier alpha value is -2.51. The van der Waals surface area contributed by atoms with Crippen LogP contribution in [0.1, 0.15) is 16.1 Å². The smallest absolute Gasteiger partial charge is 0.465 e. The molecule has 0 atom stereocenters. The molecule has 0 N–H and O–H groups in total. The van der Waals surface area contributed by atoms with Crippen LogP contribution in [0.2, 0.25) is 0 Å². The second-order valence-electron chi connectivity index (χ2n) is 4.11. The molecule has 0 saturated heterocycles. The van der Waals surface area contributed by atoms with Gasteiger partial charge in [0, 0.05) is 6.20 Å². The summed E-state index contributed by atoms with van der Waals surface area (Å²) >= 11 is 0. The first kappa shape index (κ1) is 14.9. The molecule has 2 rings (SSSR count). The molecule has 0 aliphatic rings. The molecular formula is C13H11F3N2O3. The first-order valence-corrected chi connectivity index (χ1v) is 5.81. The molecule has 21 heavy (non-hydrogen) atoms. The third-order valence-corrected chi connectivity index (χ3v) is 2.64. The van der Waals surface area contributed by atoms with Gasteiger partial charge in [0.2, 0.25) is 0 Å². The van der Waals surface area contributed by atoms with E-state index in [2.05, 4.69) is 14.6 Å². The number of aryl methyl sites for hydroxylation is 1. The van der Waals surface area contributed by atoms with Crippen LogP contribution in [0.3, 0.4) is 0 Å². The van der Waals surface area contributed by atoms with Crippen molar-refractivity contribution in [2.45, 2.75) is 13.3 Å². The predicted molar refractivity (Wildman–Crippen MR) is 66.3 cm³/mol. The van der Waals surface area contributed by atoms with Crippen LogP contribution in [0.4, 0.5) is 13.2 Å². The Balaban J connectivity index is 2.25. The number of halogens is 3. The first-order chi connectivity index (χ1) is 9.80. The highest BCUT2D eigenvalue weighted by Gasteiger charge is 2.31. The molecule has 0 fully saturated rings. The zero-order valence-corrected chi connectivity index (χ0v) is 11.1. The van der Waals surface area contributed by atoms with E-state index in [0.717, 1.165) is 12.1 Å². The molecule has 0 aliphatic carbocycles. The summed E-state index contributed by atoms with van der Waals surface area (Å²) in [5.74, 6) is -0.862. The maximum atomic E-state index is 12.1. The number of nitrogens with zero attached hydrogens (tertiary/aromatic N) is 2. The largest absolute Gasteiger partial charge is 0.573 e. The van der Waals surface area contributed by atoms with Crippen molar-refractivity contribution in [3.8, 4) is 11.4 Å². The summed E-state index contributed by atoms with van der Waals surface area (Å²) in [4.78, 5) is 11.5. The molecule has 0 radical (unpaired) electrons. The number of aromatic nitrogens is 2. The fraction of sp³-hybridized carbons (Fsp3) is 0.231. The molecule has 0 spiro atoms. The highest BCUT2D eigenvalue weighted by molar-refractivity contribution is 5.90. The van der Waals surface area contributed by atoms with Gasteiger partial charge in [-0.3, -0.25) is 0 Å². The molecule has 5 nitrogen and oxygen atoms in total. The van der Waals surface area contributed by atoms with Crippen LogP contribution in [0.5, 0.6) is 5.75 Å². The van der Waals surface area contributed by atoms with Crippen molar-refractivity contribution in [2.24, 2.45) is 0 Å². The Kier molecular flexibility index (Phi) is 3.88. The summed E-state index contributed by atoms with van der Waals surface area (Å²) < 4.78 is 45.9. The van der Waals surface area contributed by atoms with Gasteiger partial charge in [-0.25, -0.2) is 9.48 Å². The van der Waals surface area contributed by atoms with E-state index in [1.54, 1.807) is 6.92 Å². The van der Waals surface area contributed by atoms with Gasteiger partial charge in [-0.05, 0) is 31.2 Å². The molecule has 112 valence electrons. The second kappa shape index (κ2) is 5.47. The van der Waals surface area contributed by atoms with E-state index < -0.39 is 12.3 Å². The highest BCUT2D eigenvalue weighted by atomic mass is 19.4. The van der Waals surface area contributed by atoms with Crippen LogP contribution in [-0.2, 0) is 4.74 Å². The predicted octanol–water partition coefficient (Wildman–Crippen LogP) is 2.87. The van der Waals surface area contributed by atoms with E-state index in [0.29, 0.717) is 11.4 Å². The van der Waals surface area contributed by atoms with Crippen molar-refractivity contribution in [3.63, 3.8) is 0 Å². The quantitative estimate of drug-likeness (QED) is 0.818. The number of ether oxygens (including phenoxy) is 2. The molecule has 0 bridgehead atoms. The van der Waals surface area contributed by atoms with Gasteiger partial charge in [-0.1, -0.05) is 0 Å².